The number of aromatic nitrogens is 2. The molecule has 1 aliphatic heterocycles. The Morgan fingerprint density at radius 2 is 2.50 bits per heavy atom. The van der Waals surface area contributed by atoms with Crippen molar-refractivity contribution in [3.63, 3.8) is 0 Å². The minimum atomic E-state index is -0.0782. The first-order valence-corrected chi connectivity index (χ1v) is 6.31. The molecule has 6 heteroatoms. The SMILES string of the molecule is CCN(CC1CCCO1)C(=O)c1c(N)cnn1C. The van der Waals surface area contributed by atoms with Gasteiger partial charge >= 0.3 is 0 Å². The number of carbonyl (C=O) groups excluding carboxylic acids is 1. The molecular weight excluding hydrogens is 232 g/mol. The van der Waals surface area contributed by atoms with E-state index in [2.05, 4.69) is 5.10 Å². The zero-order valence-electron chi connectivity index (χ0n) is 10.9. The minimum Gasteiger partial charge on any atom is -0.396 e. The molecule has 100 valence electrons. The van der Waals surface area contributed by atoms with E-state index in [4.69, 9.17) is 10.5 Å². The lowest BCUT2D eigenvalue weighted by molar-refractivity contribution is 0.0532. The molecule has 2 N–H and O–H groups in total. The number of amides is 1. The molecule has 0 aromatic carbocycles. The molecule has 2 rings (SSSR count). The van der Waals surface area contributed by atoms with Crippen LogP contribution in [0.3, 0.4) is 0 Å². The van der Waals surface area contributed by atoms with Crippen LogP contribution in [-0.2, 0) is 11.8 Å². The maximum Gasteiger partial charge on any atom is 0.274 e. The highest BCUT2D eigenvalue weighted by molar-refractivity contribution is 5.97. The third-order valence-electron chi connectivity index (χ3n) is 3.29. The highest BCUT2D eigenvalue weighted by Crippen LogP contribution is 2.17. The Labute approximate surface area is 107 Å². The molecular formula is C12H20N4O2. The summed E-state index contributed by atoms with van der Waals surface area (Å²) in [6.45, 7) is 4.02. The number of hydrogen-bond donors (Lipinski definition) is 1. The van der Waals surface area contributed by atoms with Crippen LogP contribution in [0.5, 0.6) is 0 Å². The van der Waals surface area contributed by atoms with E-state index in [9.17, 15) is 4.79 Å². The van der Waals surface area contributed by atoms with E-state index in [0.717, 1.165) is 19.4 Å². The Morgan fingerprint density at radius 3 is 3.00 bits per heavy atom. The molecule has 2 heterocycles. The fraction of sp³-hybridized carbons (Fsp3) is 0.667. The van der Waals surface area contributed by atoms with Gasteiger partial charge in [0.15, 0.2) is 0 Å². The third kappa shape index (κ3) is 2.48. The fourth-order valence-corrected chi connectivity index (χ4v) is 2.26. The lowest BCUT2D eigenvalue weighted by Crippen LogP contribution is -2.38. The number of nitrogen functional groups attached to an aromatic ring is 1. The van der Waals surface area contributed by atoms with Gasteiger partial charge in [0.25, 0.3) is 5.91 Å². The van der Waals surface area contributed by atoms with Gasteiger partial charge in [-0.1, -0.05) is 0 Å². The average Bonchev–Trinajstić information content (AvgIpc) is 2.96. The van der Waals surface area contributed by atoms with Gasteiger partial charge in [0.05, 0.1) is 18.0 Å². The first kappa shape index (κ1) is 12.9. The van der Waals surface area contributed by atoms with Crippen LogP contribution < -0.4 is 5.73 Å². The average molecular weight is 252 g/mol. The topological polar surface area (TPSA) is 73.4 Å². The summed E-state index contributed by atoms with van der Waals surface area (Å²) in [5.41, 5.74) is 6.66. The molecule has 1 fully saturated rings. The minimum absolute atomic E-state index is 0.0782. The van der Waals surface area contributed by atoms with E-state index in [-0.39, 0.29) is 12.0 Å². The first-order chi connectivity index (χ1) is 8.63. The normalized spacial score (nSPS) is 19.1. The predicted octanol–water partition coefficient (Wildman–Crippen LogP) is 0.643. The van der Waals surface area contributed by atoms with Crippen molar-refractivity contribution < 1.29 is 9.53 Å². The van der Waals surface area contributed by atoms with Crippen molar-refractivity contribution in [3.8, 4) is 0 Å². The third-order valence-corrected chi connectivity index (χ3v) is 3.29. The standard InChI is InChI=1S/C12H20N4O2/c1-3-16(8-9-5-4-6-18-9)12(17)11-10(13)7-14-15(11)2/h7,9H,3-6,8,13H2,1-2H3. The van der Waals surface area contributed by atoms with Crippen molar-refractivity contribution in [3.05, 3.63) is 11.9 Å². The summed E-state index contributed by atoms with van der Waals surface area (Å²) in [5, 5.41) is 4.00. The van der Waals surface area contributed by atoms with Crippen LogP contribution in [0.2, 0.25) is 0 Å². The van der Waals surface area contributed by atoms with Crippen molar-refractivity contribution in [1.29, 1.82) is 0 Å². The number of nitrogens with zero attached hydrogens (tertiary/aromatic N) is 3. The maximum atomic E-state index is 12.4. The molecule has 1 aliphatic rings. The summed E-state index contributed by atoms with van der Waals surface area (Å²) >= 11 is 0. The second-order valence-corrected chi connectivity index (χ2v) is 4.55. The molecule has 6 nitrogen and oxygen atoms in total. The number of nitrogens with two attached hydrogens (primary N) is 1. The quantitative estimate of drug-likeness (QED) is 0.853. The molecule has 0 spiro atoms. The lowest BCUT2D eigenvalue weighted by atomic mass is 10.2. The lowest BCUT2D eigenvalue weighted by Gasteiger charge is -2.24. The van der Waals surface area contributed by atoms with Crippen molar-refractivity contribution in [2.45, 2.75) is 25.9 Å². The highest BCUT2D eigenvalue weighted by Gasteiger charge is 2.25. The Morgan fingerprint density at radius 1 is 1.72 bits per heavy atom. The summed E-state index contributed by atoms with van der Waals surface area (Å²) in [6.07, 6.45) is 3.76. The summed E-state index contributed by atoms with van der Waals surface area (Å²) in [5.74, 6) is -0.0782. The van der Waals surface area contributed by atoms with Crippen LogP contribution in [0, 0.1) is 0 Å². The van der Waals surface area contributed by atoms with Gasteiger partial charge in [0.1, 0.15) is 5.69 Å². The zero-order valence-corrected chi connectivity index (χ0v) is 10.9. The second-order valence-electron chi connectivity index (χ2n) is 4.55. The van der Waals surface area contributed by atoms with Crippen molar-refractivity contribution >= 4 is 11.6 Å². The molecule has 0 aliphatic carbocycles. The number of hydrogen-bond acceptors (Lipinski definition) is 4. The molecule has 1 unspecified atom stereocenters. The van der Waals surface area contributed by atoms with E-state index in [1.165, 1.54) is 10.9 Å². The largest absolute Gasteiger partial charge is 0.396 e. The number of likely N-dealkylation sites (N-methyl/N-ethyl adjacent to an activating group) is 1. The summed E-state index contributed by atoms with van der Waals surface area (Å²) in [6, 6.07) is 0. The molecule has 1 aromatic rings. The molecule has 1 saturated heterocycles. The number of ether oxygens (including phenoxy) is 1. The molecule has 18 heavy (non-hydrogen) atoms. The van der Waals surface area contributed by atoms with Gasteiger partial charge in [-0.05, 0) is 19.8 Å². The monoisotopic (exact) mass is 252 g/mol. The van der Waals surface area contributed by atoms with Crippen LogP contribution in [0.15, 0.2) is 6.20 Å². The number of carbonyl (C=O) groups is 1. The summed E-state index contributed by atoms with van der Waals surface area (Å²) < 4.78 is 7.09. The van der Waals surface area contributed by atoms with Crippen LogP contribution in [0.1, 0.15) is 30.3 Å². The van der Waals surface area contributed by atoms with Gasteiger partial charge in [0, 0.05) is 26.7 Å². The molecule has 1 aromatic heterocycles. The van der Waals surface area contributed by atoms with Gasteiger partial charge in [-0.3, -0.25) is 9.48 Å². The van der Waals surface area contributed by atoms with Gasteiger partial charge in [0.2, 0.25) is 0 Å². The van der Waals surface area contributed by atoms with Gasteiger partial charge in [-0.15, -0.1) is 0 Å². The number of anilines is 1. The highest BCUT2D eigenvalue weighted by atomic mass is 16.5. The Kier molecular flexibility index (Phi) is 3.86. The fourth-order valence-electron chi connectivity index (χ4n) is 2.26. The molecule has 1 atom stereocenters. The molecule has 0 bridgehead atoms. The van der Waals surface area contributed by atoms with Gasteiger partial charge in [-0.25, -0.2) is 0 Å². The maximum absolute atomic E-state index is 12.4. The van der Waals surface area contributed by atoms with E-state index in [1.807, 2.05) is 6.92 Å². The zero-order chi connectivity index (χ0) is 13.1. The van der Waals surface area contributed by atoms with Gasteiger partial charge in [-0.2, -0.15) is 5.10 Å². The second kappa shape index (κ2) is 5.39. The number of aryl methyl sites for hydroxylation is 1. The van der Waals surface area contributed by atoms with Crippen molar-refractivity contribution in [2.24, 2.45) is 7.05 Å². The van der Waals surface area contributed by atoms with E-state index in [1.54, 1.807) is 11.9 Å². The van der Waals surface area contributed by atoms with Crippen LogP contribution in [0.25, 0.3) is 0 Å². The van der Waals surface area contributed by atoms with E-state index in [0.29, 0.717) is 24.5 Å². The Hall–Kier alpha value is -1.56. The van der Waals surface area contributed by atoms with Crippen LogP contribution >= 0.6 is 0 Å². The van der Waals surface area contributed by atoms with Crippen LogP contribution in [-0.4, -0.2) is 46.4 Å². The van der Waals surface area contributed by atoms with Crippen LogP contribution in [0.4, 0.5) is 5.69 Å². The Bertz CT molecular complexity index is 404. The molecule has 0 radical (unpaired) electrons. The van der Waals surface area contributed by atoms with E-state index >= 15 is 0 Å². The predicted molar refractivity (Wildman–Crippen MR) is 68.2 cm³/mol. The summed E-state index contributed by atoms with van der Waals surface area (Å²) in [4.78, 5) is 14.2. The van der Waals surface area contributed by atoms with Crippen molar-refractivity contribution in [1.82, 2.24) is 14.7 Å². The molecule has 1 amide bonds. The van der Waals surface area contributed by atoms with Gasteiger partial charge < -0.3 is 15.4 Å². The smallest absolute Gasteiger partial charge is 0.274 e. The number of rotatable bonds is 4. The van der Waals surface area contributed by atoms with Crippen molar-refractivity contribution in [2.75, 3.05) is 25.4 Å². The summed E-state index contributed by atoms with van der Waals surface area (Å²) in [7, 11) is 1.73. The van der Waals surface area contributed by atoms with E-state index < -0.39 is 0 Å². The Balaban J connectivity index is 2.09. The molecule has 0 saturated carbocycles. The first-order valence-electron chi connectivity index (χ1n) is 6.31.